The van der Waals surface area contributed by atoms with Crippen LogP contribution in [0.3, 0.4) is 0 Å². The molecule has 2 aromatic rings. The number of fused-ring (bicyclic) bond motifs is 3. The van der Waals surface area contributed by atoms with Crippen LogP contribution in [-0.2, 0) is 4.79 Å². The van der Waals surface area contributed by atoms with Crippen LogP contribution in [0.1, 0.15) is 53.0 Å². The highest BCUT2D eigenvalue weighted by atomic mass is 16.2. The van der Waals surface area contributed by atoms with Crippen molar-refractivity contribution in [3.8, 4) is 11.1 Å². The average molecular weight is 448 g/mol. The standard InChI is InChI=1S/C27H33N3O3/c1-27(2,17-29(3)4)16-28-25(32)18-11-13-30(14-12-18)26(33)19-9-10-21-20-7-5-6-8-22(20)24(31)23(21)15-19/h5-10,15,18H,11-14,16-17H2,1-4H3,(H,28,32). The molecule has 1 fully saturated rings. The summed E-state index contributed by atoms with van der Waals surface area (Å²) < 4.78 is 0. The second-order valence-electron chi connectivity index (χ2n) is 10.3. The van der Waals surface area contributed by atoms with Crippen LogP contribution in [0.4, 0.5) is 0 Å². The van der Waals surface area contributed by atoms with Gasteiger partial charge in [-0.1, -0.05) is 44.2 Å². The van der Waals surface area contributed by atoms with Gasteiger partial charge in [0.2, 0.25) is 5.91 Å². The van der Waals surface area contributed by atoms with Crippen LogP contribution in [0, 0.1) is 11.3 Å². The van der Waals surface area contributed by atoms with Gasteiger partial charge in [0, 0.05) is 48.8 Å². The maximum absolute atomic E-state index is 13.1. The Labute approximate surface area is 196 Å². The topological polar surface area (TPSA) is 69.7 Å². The second-order valence-corrected chi connectivity index (χ2v) is 10.3. The molecule has 1 aliphatic heterocycles. The minimum atomic E-state index is -0.0764. The van der Waals surface area contributed by atoms with E-state index in [1.807, 2.05) is 50.5 Å². The van der Waals surface area contributed by atoms with E-state index in [9.17, 15) is 14.4 Å². The van der Waals surface area contributed by atoms with Gasteiger partial charge >= 0.3 is 0 Å². The van der Waals surface area contributed by atoms with Crippen LogP contribution in [-0.4, -0.2) is 67.7 Å². The Kier molecular flexibility index (Phi) is 6.39. The lowest BCUT2D eigenvalue weighted by Crippen LogP contribution is -2.46. The molecular weight excluding hydrogens is 414 g/mol. The molecule has 6 heteroatoms. The lowest BCUT2D eigenvalue weighted by Gasteiger charge is -2.33. The molecule has 1 aliphatic carbocycles. The monoisotopic (exact) mass is 447 g/mol. The summed E-state index contributed by atoms with van der Waals surface area (Å²) in [4.78, 5) is 42.5. The van der Waals surface area contributed by atoms with Gasteiger partial charge in [0.15, 0.2) is 5.78 Å². The lowest BCUT2D eigenvalue weighted by molar-refractivity contribution is -0.126. The van der Waals surface area contributed by atoms with Gasteiger partial charge in [-0.2, -0.15) is 0 Å². The number of hydrogen-bond donors (Lipinski definition) is 1. The van der Waals surface area contributed by atoms with Crippen molar-refractivity contribution in [3.63, 3.8) is 0 Å². The highest BCUT2D eigenvalue weighted by Gasteiger charge is 2.31. The summed E-state index contributed by atoms with van der Waals surface area (Å²) in [6.45, 7) is 6.92. The maximum Gasteiger partial charge on any atom is 0.253 e. The van der Waals surface area contributed by atoms with Crippen molar-refractivity contribution in [2.75, 3.05) is 40.3 Å². The van der Waals surface area contributed by atoms with E-state index in [0.29, 0.717) is 49.2 Å². The van der Waals surface area contributed by atoms with E-state index >= 15 is 0 Å². The number of rotatable bonds is 6. The Morgan fingerprint density at radius 3 is 2.30 bits per heavy atom. The van der Waals surface area contributed by atoms with Crippen molar-refractivity contribution >= 4 is 17.6 Å². The first-order chi connectivity index (χ1) is 15.7. The fourth-order valence-electron chi connectivity index (χ4n) is 5.07. The normalized spacial score (nSPS) is 16.0. The third kappa shape index (κ3) is 4.86. The van der Waals surface area contributed by atoms with Gasteiger partial charge in [-0.3, -0.25) is 14.4 Å². The van der Waals surface area contributed by atoms with E-state index in [0.717, 1.165) is 17.7 Å². The molecule has 174 valence electrons. The highest BCUT2D eigenvalue weighted by molar-refractivity contribution is 6.22. The van der Waals surface area contributed by atoms with Crippen molar-refractivity contribution in [3.05, 3.63) is 59.2 Å². The third-order valence-corrected chi connectivity index (χ3v) is 6.61. The van der Waals surface area contributed by atoms with Crippen LogP contribution < -0.4 is 5.32 Å². The molecule has 0 saturated carbocycles. The molecule has 6 nitrogen and oxygen atoms in total. The molecule has 33 heavy (non-hydrogen) atoms. The van der Waals surface area contributed by atoms with Crippen LogP contribution in [0.25, 0.3) is 11.1 Å². The Balaban J connectivity index is 1.35. The zero-order valence-corrected chi connectivity index (χ0v) is 20.0. The van der Waals surface area contributed by atoms with Crippen molar-refractivity contribution < 1.29 is 14.4 Å². The maximum atomic E-state index is 13.1. The average Bonchev–Trinajstić information content (AvgIpc) is 3.08. The van der Waals surface area contributed by atoms with Crippen LogP contribution in [0.2, 0.25) is 0 Å². The van der Waals surface area contributed by atoms with Gasteiger partial charge in [-0.25, -0.2) is 0 Å². The van der Waals surface area contributed by atoms with E-state index in [1.165, 1.54) is 0 Å². The molecule has 2 aromatic carbocycles. The predicted molar refractivity (Wildman–Crippen MR) is 129 cm³/mol. The van der Waals surface area contributed by atoms with Crippen molar-refractivity contribution in [2.24, 2.45) is 11.3 Å². The van der Waals surface area contributed by atoms with Gasteiger partial charge < -0.3 is 15.1 Å². The minimum Gasteiger partial charge on any atom is -0.355 e. The zero-order chi connectivity index (χ0) is 23.8. The molecule has 0 atom stereocenters. The summed E-state index contributed by atoms with van der Waals surface area (Å²) in [6.07, 6.45) is 1.31. The number of hydrogen-bond acceptors (Lipinski definition) is 4. The summed E-state index contributed by atoms with van der Waals surface area (Å²) in [5.74, 6) is -0.0922. The second kappa shape index (κ2) is 9.10. The molecular formula is C27H33N3O3. The molecule has 0 aromatic heterocycles. The zero-order valence-electron chi connectivity index (χ0n) is 20.0. The van der Waals surface area contributed by atoms with Crippen LogP contribution in [0.5, 0.6) is 0 Å². The Morgan fingerprint density at radius 1 is 1.00 bits per heavy atom. The SMILES string of the molecule is CN(C)CC(C)(C)CNC(=O)C1CCN(C(=O)c2ccc3c(c2)C(=O)c2ccccc2-3)CC1. The molecule has 0 unspecified atom stereocenters. The molecule has 1 heterocycles. The fraction of sp³-hybridized carbons (Fsp3) is 0.444. The number of carbonyl (C=O) groups excluding carboxylic acids is 3. The summed E-state index contributed by atoms with van der Waals surface area (Å²) in [5.41, 5.74) is 3.63. The summed E-state index contributed by atoms with van der Waals surface area (Å²) in [5, 5.41) is 3.11. The summed E-state index contributed by atoms with van der Waals surface area (Å²) >= 11 is 0. The van der Waals surface area contributed by atoms with E-state index in [2.05, 4.69) is 24.1 Å². The highest BCUT2D eigenvalue weighted by Crippen LogP contribution is 2.37. The van der Waals surface area contributed by atoms with Gasteiger partial charge in [0.05, 0.1) is 0 Å². The smallest absolute Gasteiger partial charge is 0.253 e. The minimum absolute atomic E-state index is 0.000486. The Bertz CT molecular complexity index is 1080. The number of nitrogens with one attached hydrogen (secondary N) is 1. The van der Waals surface area contributed by atoms with Crippen LogP contribution >= 0.6 is 0 Å². The number of likely N-dealkylation sites (tertiary alicyclic amines) is 1. The first-order valence-electron chi connectivity index (χ1n) is 11.7. The molecule has 0 spiro atoms. The summed E-state index contributed by atoms with van der Waals surface area (Å²) in [7, 11) is 4.07. The van der Waals surface area contributed by atoms with E-state index in [1.54, 1.807) is 11.0 Å². The number of nitrogens with zero attached hydrogens (tertiary/aromatic N) is 2. The van der Waals surface area contributed by atoms with Crippen molar-refractivity contribution in [1.29, 1.82) is 0 Å². The van der Waals surface area contributed by atoms with E-state index in [4.69, 9.17) is 0 Å². The van der Waals surface area contributed by atoms with Gasteiger partial charge in [0.1, 0.15) is 0 Å². The lowest BCUT2D eigenvalue weighted by atomic mass is 9.91. The Morgan fingerprint density at radius 2 is 1.64 bits per heavy atom. The Hall–Kier alpha value is -2.99. The van der Waals surface area contributed by atoms with Gasteiger partial charge in [-0.15, -0.1) is 0 Å². The first kappa shape index (κ1) is 23.2. The largest absolute Gasteiger partial charge is 0.355 e. The molecule has 2 aliphatic rings. The molecule has 4 rings (SSSR count). The number of amides is 2. The first-order valence-corrected chi connectivity index (χ1v) is 11.7. The third-order valence-electron chi connectivity index (χ3n) is 6.61. The number of benzene rings is 2. The quantitative estimate of drug-likeness (QED) is 0.628. The van der Waals surface area contributed by atoms with Crippen molar-refractivity contribution in [2.45, 2.75) is 26.7 Å². The van der Waals surface area contributed by atoms with Gasteiger partial charge in [-0.05, 0) is 55.6 Å². The molecule has 1 N–H and O–H groups in total. The molecule has 0 radical (unpaired) electrons. The fourth-order valence-corrected chi connectivity index (χ4v) is 5.07. The molecule has 2 amide bonds. The van der Waals surface area contributed by atoms with Crippen LogP contribution in [0.15, 0.2) is 42.5 Å². The summed E-state index contributed by atoms with van der Waals surface area (Å²) in [6, 6.07) is 13.0. The van der Waals surface area contributed by atoms with Crippen molar-refractivity contribution in [1.82, 2.24) is 15.1 Å². The number of carbonyl (C=O) groups is 3. The van der Waals surface area contributed by atoms with E-state index in [-0.39, 0.29) is 28.9 Å². The predicted octanol–water partition coefficient (Wildman–Crippen LogP) is 3.45. The molecule has 0 bridgehead atoms. The number of piperidine rings is 1. The van der Waals surface area contributed by atoms with E-state index < -0.39 is 0 Å². The molecule has 1 saturated heterocycles. The number of ketones is 1. The van der Waals surface area contributed by atoms with Gasteiger partial charge in [0.25, 0.3) is 5.91 Å².